The molecule has 0 spiro atoms. The lowest BCUT2D eigenvalue weighted by atomic mass is 9.99. The van der Waals surface area contributed by atoms with Gasteiger partial charge in [0.1, 0.15) is 0 Å². The van der Waals surface area contributed by atoms with Crippen molar-refractivity contribution in [3.8, 4) is 0 Å². The Morgan fingerprint density at radius 2 is 1.90 bits per heavy atom. The molecule has 0 amide bonds. The van der Waals surface area contributed by atoms with E-state index in [1.54, 1.807) is 0 Å². The molecule has 0 nitrogen and oxygen atoms in total. The monoisotopic (exact) mass is 138 g/mol. The number of allylic oxidation sites excluding steroid dienone is 3. The van der Waals surface area contributed by atoms with Crippen molar-refractivity contribution in [1.29, 1.82) is 0 Å². The first kappa shape index (κ1) is 9.48. The number of hydrogen-bond acceptors (Lipinski definition) is 0. The largest absolute Gasteiger partial charge is 0.0991 e. The van der Waals surface area contributed by atoms with Crippen LogP contribution in [0.3, 0.4) is 0 Å². The lowest BCUT2D eigenvalue weighted by Gasteiger charge is -2.06. The van der Waals surface area contributed by atoms with E-state index in [0.717, 1.165) is 5.92 Å². The van der Waals surface area contributed by atoms with Crippen molar-refractivity contribution in [1.82, 2.24) is 0 Å². The first-order valence-corrected chi connectivity index (χ1v) is 4.12. The Labute approximate surface area is 64.6 Å². The van der Waals surface area contributed by atoms with Crippen molar-refractivity contribution >= 4 is 0 Å². The van der Waals surface area contributed by atoms with Crippen LogP contribution >= 0.6 is 0 Å². The topological polar surface area (TPSA) is 0 Å². The summed E-state index contributed by atoms with van der Waals surface area (Å²) in [5.41, 5.74) is 0. The Kier molecular flexibility index (Phi) is 6.25. The maximum absolute atomic E-state index is 3.62. The van der Waals surface area contributed by atoms with Crippen molar-refractivity contribution in [3.63, 3.8) is 0 Å². The second kappa shape index (κ2) is 6.60. The molecule has 0 saturated carbocycles. The van der Waals surface area contributed by atoms with E-state index in [1.807, 2.05) is 12.2 Å². The van der Waals surface area contributed by atoms with Crippen LogP contribution in [0.5, 0.6) is 0 Å². The molecule has 0 saturated heterocycles. The van der Waals surface area contributed by atoms with E-state index in [1.165, 1.54) is 19.3 Å². The summed E-state index contributed by atoms with van der Waals surface area (Å²) >= 11 is 0. The van der Waals surface area contributed by atoms with Crippen LogP contribution in [0.1, 0.15) is 33.1 Å². The maximum atomic E-state index is 3.62. The fourth-order valence-electron chi connectivity index (χ4n) is 0.989. The van der Waals surface area contributed by atoms with Crippen LogP contribution in [0, 0.1) is 5.92 Å². The second-order valence-electron chi connectivity index (χ2n) is 2.58. The molecule has 0 heteroatoms. The van der Waals surface area contributed by atoms with E-state index < -0.39 is 0 Å². The Bertz CT molecular complexity index is 96.6. The van der Waals surface area contributed by atoms with Gasteiger partial charge >= 0.3 is 0 Å². The minimum atomic E-state index is 0.871. The normalized spacial score (nSPS) is 11.1. The second-order valence-corrected chi connectivity index (χ2v) is 2.58. The van der Waals surface area contributed by atoms with Crippen molar-refractivity contribution < 1.29 is 0 Å². The zero-order valence-electron chi connectivity index (χ0n) is 7.14. The average Bonchev–Trinajstić information content (AvgIpc) is 1.99. The summed E-state index contributed by atoms with van der Waals surface area (Å²) in [6.07, 6.45) is 9.85. The molecular formula is C10H18. The van der Waals surface area contributed by atoms with Crippen molar-refractivity contribution in [2.24, 2.45) is 5.92 Å². The third kappa shape index (κ3) is 4.37. The van der Waals surface area contributed by atoms with Crippen molar-refractivity contribution in [3.05, 3.63) is 24.8 Å². The van der Waals surface area contributed by atoms with Crippen LogP contribution in [-0.4, -0.2) is 0 Å². The van der Waals surface area contributed by atoms with Crippen LogP contribution < -0.4 is 0 Å². The van der Waals surface area contributed by atoms with Gasteiger partial charge in [0.2, 0.25) is 0 Å². The van der Waals surface area contributed by atoms with Gasteiger partial charge in [0.25, 0.3) is 0 Å². The fourth-order valence-corrected chi connectivity index (χ4v) is 0.989. The van der Waals surface area contributed by atoms with Gasteiger partial charge in [-0.15, -0.1) is 0 Å². The number of rotatable bonds is 5. The van der Waals surface area contributed by atoms with Gasteiger partial charge in [0.15, 0.2) is 0 Å². The van der Waals surface area contributed by atoms with E-state index in [-0.39, 0.29) is 0 Å². The average molecular weight is 138 g/mol. The van der Waals surface area contributed by atoms with Crippen molar-refractivity contribution in [2.75, 3.05) is 0 Å². The molecule has 0 N–H and O–H groups in total. The van der Waals surface area contributed by atoms with Gasteiger partial charge in [0, 0.05) is 0 Å². The molecule has 0 aromatic carbocycles. The third-order valence-corrected chi connectivity index (χ3v) is 1.90. The molecule has 0 bridgehead atoms. The van der Waals surface area contributed by atoms with E-state index in [9.17, 15) is 0 Å². The zero-order chi connectivity index (χ0) is 7.82. The number of hydrogen-bond donors (Lipinski definition) is 0. The molecule has 0 unspecified atom stereocenters. The van der Waals surface area contributed by atoms with Gasteiger partial charge in [0.05, 0.1) is 0 Å². The first-order valence-electron chi connectivity index (χ1n) is 4.12. The highest BCUT2D eigenvalue weighted by molar-refractivity contribution is 4.97. The summed E-state index contributed by atoms with van der Waals surface area (Å²) < 4.78 is 0. The van der Waals surface area contributed by atoms with Crippen LogP contribution in [-0.2, 0) is 0 Å². The zero-order valence-corrected chi connectivity index (χ0v) is 7.14. The summed E-state index contributed by atoms with van der Waals surface area (Å²) in [6, 6.07) is 0. The van der Waals surface area contributed by atoms with Gasteiger partial charge in [-0.1, -0.05) is 51.5 Å². The summed E-state index contributed by atoms with van der Waals surface area (Å²) in [5.74, 6) is 0.871. The van der Waals surface area contributed by atoms with Gasteiger partial charge in [-0.25, -0.2) is 0 Å². The molecule has 0 atom stereocenters. The summed E-state index contributed by atoms with van der Waals surface area (Å²) in [4.78, 5) is 0. The quantitative estimate of drug-likeness (QED) is 0.510. The highest BCUT2D eigenvalue weighted by Gasteiger charge is 1.97. The molecule has 0 heterocycles. The standard InChI is InChI=1S/C10H18/c1-4-7-8-9-10(5-2)6-3/h4,7-8,10H,1,5-6,9H2,2-3H3/b8-7-. The maximum Gasteiger partial charge on any atom is -0.0319 e. The van der Waals surface area contributed by atoms with Crippen LogP contribution in [0.2, 0.25) is 0 Å². The van der Waals surface area contributed by atoms with Crippen LogP contribution in [0.15, 0.2) is 24.8 Å². The molecule has 0 radical (unpaired) electrons. The predicted molar refractivity (Wildman–Crippen MR) is 48.0 cm³/mol. The van der Waals surface area contributed by atoms with Gasteiger partial charge in [-0.2, -0.15) is 0 Å². The molecule has 58 valence electrons. The minimum Gasteiger partial charge on any atom is -0.0991 e. The summed E-state index contributed by atoms with van der Waals surface area (Å²) in [6.45, 7) is 8.11. The Morgan fingerprint density at radius 3 is 2.30 bits per heavy atom. The third-order valence-electron chi connectivity index (χ3n) is 1.90. The molecule has 0 rings (SSSR count). The lowest BCUT2D eigenvalue weighted by Crippen LogP contribution is -1.93. The van der Waals surface area contributed by atoms with E-state index >= 15 is 0 Å². The Balaban J connectivity index is 3.43. The van der Waals surface area contributed by atoms with Gasteiger partial charge in [-0.3, -0.25) is 0 Å². The van der Waals surface area contributed by atoms with Crippen molar-refractivity contribution in [2.45, 2.75) is 33.1 Å². The Morgan fingerprint density at radius 1 is 1.30 bits per heavy atom. The molecule has 0 aromatic heterocycles. The SMILES string of the molecule is C=C/C=C\CC(CC)CC. The molecule has 0 fully saturated rings. The van der Waals surface area contributed by atoms with Crippen LogP contribution in [0.4, 0.5) is 0 Å². The van der Waals surface area contributed by atoms with Gasteiger partial charge in [-0.05, 0) is 12.3 Å². The molecular weight excluding hydrogens is 120 g/mol. The van der Waals surface area contributed by atoms with Gasteiger partial charge < -0.3 is 0 Å². The fraction of sp³-hybridized carbons (Fsp3) is 0.600. The molecule has 0 aromatic rings. The van der Waals surface area contributed by atoms with E-state index in [0.29, 0.717) is 0 Å². The Hall–Kier alpha value is -0.520. The smallest absolute Gasteiger partial charge is 0.0319 e. The summed E-state index contributed by atoms with van der Waals surface area (Å²) in [5, 5.41) is 0. The van der Waals surface area contributed by atoms with E-state index in [2.05, 4.69) is 26.5 Å². The highest BCUT2D eigenvalue weighted by atomic mass is 14.0. The highest BCUT2D eigenvalue weighted by Crippen LogP contribution is 2.12. The first-order chi connectivity index (χ1) is 4.85. The molecule has 0 aliphatic carbocycles. The molecule has 0 aliphatic heterocycles. The summed E-state index contributed by atoms with van der Waals surface area (Å²) in [7, 11) is 0. The van der Waals surface area contributed by atoms with Crippen LogP contribution in [0.25, 0.3) is 0 Å². The predicted octanol–water partition coefficient (Wildman–Crippen LogP) is 3.55. The van der Waals surface area contributed by atoms with E-state index in [4.69, 9.17) is 0 Å². The molecule has 10 heavy (non-hydrogen) atoms. The minimum absolute atomic E-state index is 0.871. The lowest BCUT2D eigenvalue weighted by molar-refractivity contribution is 0.500. The molecule has 0 aliphatic rings.